The van der Waals surface area contributed by atoms with E-state index < -0.39 is 23.4 Å². The van der Waals surface area contributed by atoms with Gasteiger partial charge in [0.05, 0.1) is 11.1 Å². The molecule has 0 atom stereocenters. The van der Waals surface area contributed by atoms with Gasteiger partial charge in [0, 0.05) is 54.4 Å². The summed E-state index contributed by atoms with van der Waals surface area (Å²) in [7, 11) is 7.01. The number of nitrogens with zero attached hydrogens (tertiary/aromatic N) is 4. The maximum atomic E-state index is 14.6. The molecule has 10 heteroatoms. The molecule has 0 unspecified atom stereocenters. The van der Waals surface area contributed by atoms with Crippen molar-refractivity contribution in [2.75, 3.05) is 28.2 Å². The van der Waals surface area contributed by atoms with E-state index in [1.54, 1.807) is 72.1 Å². The topological polar surface area (TPSA) is 99.7 Å². The Balaban J connectivity index is 1.19. The number of carbonyl (C=O) groups excluding carboxylic acids is 4. The van der Waals surface area contributed by atoms with Crippen molar-refractivity contribution in [3.05, 3.63) is 155 Å². The van der Waals surface area contributed by atoms with Gasteiger partial charge < -0.3 is 29.1 Å². The molecule has 10 nitrogen and oxygen atoms in total. The van der Waals surface area contributed by atoms with Crippen molar-refractivity contribution in [1.29, 1.82) is 0 Å². The van der Waals surface area contributed by atoms with Gasteiger partial charge in [-0.25, -0.2) is 9.59 Å². The molecule has 0 bridgehead atoms. The van der Waals surface area contributed by atoms with Crippen LogP contribution in [0, 0.1) is 0 Å². The van der Waals surface area contributed by atoms with Gasteiger partial charge in [0.25, 0.3) is 11.8 Å². The van der Waals surface area contributed by atoms with Crippen LogP contribution in [0.15, 0.2) is 121 Å². The van der Waals surface area contributed by atoms with Crippen molar-refractivity contribution < 1.29 is 28.7 Å². The van der Waals surface area contributed by atoms with Crippen molar-refractivity contribution in [3.63, 3.8) is 0 Å². The lowest BCUT2D eigenvalue weighted by Gasteiger charge is -2.27. The van der Waals surface area contributed by atoms with E-state index in [9.17, 15) is 19.2 Å². The third-order valence-electron chi connectivity index (χ3n) is 11.4. The summed E-state index contributed by atoms with van der Waals surface area (Å²) >= 11 is 0. The number of rotatable bonds is 10. The standard InChI is InChI=1S/C54H58N4O6/c1-53(2,3)63-51(61)57(9)33-47-39-25-15-11-21-35(39)45(36-22-12-16-26-40(36)47)31-55(7)49(59)43-29-19-20-30-44(43)50(60)56(8)32-46-37-23-13-17-27-41(37)48(42-28-18-14-24-38(42)46)34-58(10)52(62)64-54(4,5)6/h11-30H,31-34H2,1-10H3. The maximum absolute atomic E-state index is 14.6. The monoisotopic (exact) mass is 858 g/mol. The van der Waals surface area contributed by atoms with E-state index >= 15 is 0 Å². The van der Waals surface area contributed by atoms with Crippen LogP contribution in [0.2, 0.25) is 0 Å². The summed E-state index contributed by atoms with van der Waals surface area (Å²) < 4.78 is 11.4. The van der Waals surface area contributed by atoms with E-state index in [4.69, 9.17) is 9.47 Å². The normalized spacial score (nSPS) is 11.8. The zero-order valence-electron chi connectivity index (χ0n) is 38.6. The highest BCUT2D eigenvalue weighted by atomic mass is 16.6. The van der Waals surface area contributed by atoms with Crippen LogP contribution in [0.1, 0.15) is 84.5 Å². The third-order valence-corrected chi connectivity index (χ3v) is 11.4. The van der Waals surface area contributed by atoms with E-state index in [0.717, 1.165) is 65.3 Å². The van der Waals surface area contributed by atoms with Gasteiger partial charge in [-0.15, -0.1) is 0 Å². The Bertz CT molecular complexity index is 2620. The van der Waals surface area contributed by atoms with Crippen molar-refractivity contribution in [2.24, 2.45) is 0 Å². The Morgan fingerprint density at radius 1 is 0.359 bits per heavy atom. The van der Waals surface area contributed by atoms with E-state index in [2.05, 4.69) is 48.5 Å². The predicted octanol–water partition coefficient (Wildman–Crippen LogP) is 11.6. The molecule has 0 aromatic heterocycles. The lowest BCUT2D eigenvalue weighted by atomic mass is 9.91. The van der Waals surface area contributed by atoms with Gasteiger partial charge in [0.15, 0.2) is 0 Å². The average Bonchev–Trinajstić information content (AvgIpc) is 3.26. The van der Waals surface area contributed by atoms with E-state index in [1.807, 2.05) is 90.1 Å². The van der Waals surface area contributed by atoms with E-state index in [1.165, 1.54) is 0 Å². The highest BCUT2D eigenvalue weighted by Crippen LogP contribution is 2.37. The zero-order chi connectivity index (χ0) is 46.1. The number of hydrogen-bond donors (Lipinski definition) is 0. The van der Waals surface area contributed by atoms with Gasteiger partial charge in [-0.1, -0.05) is 109 Å². The third kappa shape index (κ3) is 9.51. The molecule has 4 amide bonds. The summed E-state index contributed by atoms with van der Waals surface area (Å²) in [5.41, 5.74) is 3.25. The first-order valence-corrected chi connectivity index (χ1v) is 21.6. The molecule has 0 heterocycles. The van der Waals surface area contributed by atoms with Crippen LogP contribution in [0.25, 0.3) is 43.1 Å². The van der Waals surface area contributed by atoms with Crippen LogP contribution in [0.4, 0.5) is 9.59 Å². The summed E-state index contributed by atoms with van der Waals surface area (Å²) in [5.74, 6) is -0.567. The molecule has 0 N–H and O–H groups in total. The molecule has 0 fully saturated rings. The molecule has 7 aromatic rings. The highest BCUT2D eigenvalue weighted by Gasteiger charge is 2.27. The number of benzene rings is 7. The molecule has 0 saturated heterocycles. The van der Waals surface area contributed by atoms with Crippen LogP contribution < -0.4 is 0 Å². The van der Waals surface area contributed by atoms with Gasteiger partial charge in [0.1, 0.15) is 11.2 Å². The number of ether oxygens (including phenoxy) is 2. The fraction of sp³-hybridized carbons (Fsp3) is 0.296. The van der Waals surface area contributed by atoms with Gasteiger partial charge in [0.2, 0.25) is 0 Å². The lowest BCUT2D eigenvalue weighted by molar-refractivity contribution is 0.0276. The fourth-order valence-corrected chi connectivity index (χ4v) is 8.47. The number of hydrogen-bond acceptors (Lipinski definition) is 6. The Labute approximate surface area is 375 Å². The fourth-order valence-electron chi connectivity index (χ4n) is 8.47. The van der Waals surface area contributed by atoms with Crippen LogP contribution >= 0.6 is 0 Å². The molecule has 330 valence electrons. The van der Waals surface area contributed by atoms with E-state index in [-0.39, 0.29) is 24.9 Å². The summed E-state index contributed by atoms with van der Waals surface area (Å²) in [6.07, 6.45) is -0.817. The predicted molar refractivity (Wildman–Crippen MR) is 256 cm³/mol. The Morgan fingerprint density at radius 3 is 0.781 bits per heavy atom. The van der Waals surface area contributed by atoms with Gasteiger partial charge in [-0.3, -0.25) is 9.59 Å². The summed E-state index contributed by atoms with van der Waals surface area (Å²) in [6, 6.07) is 39.3. The molecule has 0 aliphatic rings. The molecule has 64 heavy (non-hydrogen) atoms. The van der Waals surface area contributed by atoms with Crippen molar-refractivity contribution in [1.82, 2.24) is 19.6 Å². The molecular weight excluding hydrogens is 801 g/mol. The molecular formula is C54H58N4O6. The molecule has 0 spiro atoms. The van der Waals surface area contributed by atoms with E-state index in [0.29, 0.717) is 24.2 Å². The minimum atomic E-state index is -0.629. The van der Waals surface area contributed by atoms with Crippen LogP contribution in [-0.4, -0.2) is 83.0 Å². The summed E-state index contributed by atoms with van der Waals surface area (Å²) in [4.78, 5) is 61.9. The second kappa shape index (κ2) is 18.0. The Hall–Kier alpha value is -6.94. The van der Waals surface area contributed by atoms with Crippen LogP contribution in [0.3, 0.4) is 0 Å². The Morgan fingerprint density at radius 2 is 0.562 bits per heavy atom. The van der Waals surface area contributed by atoms with Gasteiger partial charge in [-0.05, 0) is 119 Å². The van der Waals surface area contributed by atoms with Crippen molar-refractivity contribution >= 4 is 67.1 Å². The number of carbonyl (C=O) groups is 4. The SMILES string of the molecule is CN(Cc1c2ccccc2c(CN(C)C(=O)c2ccccc2C(=O)N(C)Cc2c3ccccc3c(CN(C)C(=O)OC(C)(C)C)c3ccccc23)c2ccccc12)C(=O)OC(C)(C)C. The molecule has 0 aliphatic heterocycles. The first kappa shape index (κ1) is 45.1. The molecule has 0 saturated carbocycles. The molecule has 0 aliphatic carbocycles. The van der Waals surface area contributed by atoms with Crippen LogP contribution in [-0.2, 0) is 35.7 Å². The number of fused-ring (bicyclic) bond motifs is 4. The highest BCUT2D eigenvalue weighted by molar-refractivity contribution is 6.10. The summed E-state index contributed by atoms with van der Waals surface area (Å²) in [5, 5.41) is 7.80. The Kier molecular flexibility index (Phi) is 12.7. The first-order chi connectivity index (χ1) is 30.3. The molecule has 7 rings (SSSR count). The van der Waals surface area contributed by atoms with Crippen molar-refractivity contribution in [2.45, 2.75) is 78.9 Å². The number of amides is 4. The molecule has 0 radical (unpaired) electrons. The minimum Gasteiger partial charge on any atom is -0.444 e. The zero-order valence-corrected chi connectivity index (χ0v) is 38.6. The average molecular weight is 859 g/mol. The smallest absolute Gasteiger partial charge is 0.410 e. The van der Waals surface area contributed by atoms with Gasteiger partial charge >= 0.3 is 12.2 Å². The maximum Gasteiger partial charge on any atom is 0.410 e. The lowest BCUT2D eigenvalue weighted by Crippen LogP contribution is -2.34. The minimum absolute atomic E-state index is 0.272. The van der Waals surface area contributed by atoms with Crippen LogP contribution in [0.5, 0.6) is 0 Å². The quantitative estimate of drug-likeness (QED) is 0.127. The van der Waals surface area contributed by atoms with Crippen molar-refractivity contribution in [3.8, 4) is 0 Å². The van der Waals surface area contributed by atoms with Gasteiger partial charge in [-0.2, -0.15) is 0 Å². The largest absolute Gasteiger partial charge is 0.444 e. The second-order valence-electron chi connectivity index (χ2n) is 18.6. The molecule has 7 aromatic carbocycles. The second-order valence-corrected chi connectivity index (χ2v) is 18.6. The summed E-state index contributed by atoms with van der Waals surface area (Å²) in [6.45, 7) is 12.3. The first-order valence-electron chi connectivity index (χ1n) is 21.6.